The third kappa shape index (κ3) is 3.94. The van der Waals surface area contributed by atoms with Gasteiger partial charge in [-0.05, 0) is 40.8 Å². The van der Waals surface area contributed by atoms with Crippen LogP contribution in [0.1, 0.15) is 42.3 Å². The molecule has 0 fully saturated rings. The van der Waals surface area contributed by atoms with E-state index in [1.165, 1.54) is 5.56 Å². The van der Waals surface area contributed by atoms with Crippen molar-refractivity contribution >= 4 is 5.78 Å². The molecule has 0 atom stereocenters. The zero-order valence-corrected chi connectivity index (χ0v) is 13.1. The summed E-state index contributed by atoms with van der Waals surface area (Å²) < 4.78 is 5.10. The van der Waals surface area contributed by atoms with Gasteiger partial charge in [-0.2, -0.15) is 0 Å². The van der Waals surface area contributed by atoms with Crippen LogP contribution >= 0.6 is 0 Å². The Kier molecular flexibility index (Phi) is 4.46. The molecule has 0 unspecified atom stereocenters. The minimum atomic E-state index is 0.126. The Balaban J connectivity index is 2.08. The van der Waals surface area contributed by atoms with Gasteiger partial charge in [0.05, 0.1) is 7.11 Å². The van der Waals surface area contributed by atoms with E-state index in [1.807, 2.05) is 36.4 Å². The van der Waals surface area contributed by atoms with Gasteiger partial charge in [0.1, 0.15) is 5.75 Å². The van der Waals surface area contributed by atoms with Crippen LogP contribution < -0.4 is 4.74 Å². The Morgan fingerprint density at radius 2 is 1.52 bits per heavy atom. The van der Waals surface area contributed by atoms with E-state index in [1.54, 1.807) is 7.11 Å². The van der Waals surface area contributed by atoms with Crippen LogP contribution in [0, 0.1) is 0 Å². The summed E-state index contributed by atoms with van der Waals surface area (Å²) in [5, 5.41) is 0. The minimum absolute atomic E-state index is 0.126. The van der Waals surface area contributed by atoms with Crippen molar-refractivity contribution in [2.45, 2.75) is 32.6 Å². The lowest BCUT2D eigenvalue weighted by atomic mass is 9.86. The van der Waals surface area contributed by atoms with Gasteiger partial charge >= 0.3 is 0 Å². The van der Waals surface area contributed by atoms with E-state index in [4.69, 9.17) is 4.74 Å². The molecule has 0 aliphatic heterocycles. The Labute approximate surface area is 126 Å². The first-order chi connectivity index (χ1) is 9.90. The number of methoxy groups -OCH3 is 1. The highest BCUT2D eigenvalue weighted by Gasteiger charge is 2.13. The van der Waals surface area contributed by atoms with Gasteiger partial charge in [0.2, 0.25) is 0 Å². The summed E-state index contributed by atoms with van der Waals surface area (Å²) >= 11 is 0. The van der Waals surface area contributed by atoms with Crippen molar-refractivity contribution in [3.05, 3.63) is 65.2 Å². The van der Waals surface area contributed by atoms with Gasteiger partial charge in [-0.15, -0.1) is 0 Å². The zero-order chi connectivity index (χ0) is 15.5. The number of carbonyl (C=O) groups is 1. The number of rotatable bonds is 4. The maximum Gasteiger partial charge on any atom is 0.167 e. The fraction of sp³-hybridized carbons (Fsp3) is 0.316. The van der Waals surface area contributed by atoms with Crippen molar-refractivity contribution in [1.82, 2.24) is 0 Å². The van der Waals surface area contributed by atoms with Crippen LogP contribution in [-0.4, -0.2) is 12.9 Å². The molecule has 2 aromatic rings. The lowest BCUT2D eigenvalue weighted by Gasteiger charge is -2.19. The first-order valence-electron chi connectivity index (χ1n) is 7.17. The molecule has 0 spiro atoms. The van der Waals surface area contributed by atoms with Crippen LogP contribution in [0.2, 0.25) is 0 Å². The molecular formula is C19H22O2. The zero-order valence-electron chi connectivity index (χ0n) is 13.1. The van der Waals surface area contributed by atoms with E-state index in [-0.39, 0.29) is 11.2 Å². The Bertz CT molecular complexity index is 602. The van der Waals surface area contributed by atoms with E-state index in [0.717, 1.165) is 16.9 Å². The number of hydrogen-bond acceptors (Lipinski definition) is 2. The topological polar surface area (TPSA) is 26.3 Å². The highest BCUT2D eigenvalue weighted by atomic mass is 16.5. The molecular weight excluding hydrogens is 260 g/mol. The lowest BCUT2D eigenvalue weighted by molar-refractivity contribution is 0.0993. The van der Waals surface area contributed by atoms with Crippen molar-refractivity contribution in [2.24, 2.45) is 0 Å². The highest BCUT2D eigenvalue weighted by molar-refractivity contribution is 5.97. The number of benzene rings is 2. The Morgan fingerprint density at radius 3 is 2.00 bits per heavy atom. The summed E-state index contributed by atoms with van der Waals surface area (Å²) in [5.74, 6) is 0.891. The summed E-state index contributed by atoms with van der Waals surface area (Å²) in [5.41, 5.74) is 3.18. The first-order valence-corrected chi connectivity index (χ1v) is 7.17. The first kappa shape index (κ1) is 15.3. The largest absolute Gasteiger partial charge is 0.497 e. The van der Waals surface area contributed by atoms with Crippen molar-refractivity contribution in [2.75, 3.05) is 7.11 Å². The quantitative estimate of drug-likeness (QED) is 0.776. The number of hydrogen-bond donors (Lipinski definition) is 0. The summed E-state index contributed by atoms with van der Waals surface area (Å²) in [6, 6.07) is 15.6. The number of ether oxygens (including phenoxy) is 1. The van der Waals surface area contributed by atoms with E-state index in [9.17, 15) is 4.79 Å². The van der Waals surface area contributed by atoms with Crippen molar-refractivity contribution in [3.8, 4) is 5.75 Å². The molecule has 21 heavy (non-hydrogen) atoms. The van der Waals surface area contributed by atoms with Crippen molar-refractivity contribution in [1.29, 1.82) is 0 Å². The molecule has 0 amide bonds. The molecule has 0 bridgehead atoms. The third-order valence-corrected chi connectivity index (χ3v) is 3.60. The fourth-order valence-corrected chi connectivity index (χ4v) is 2.19. The molecule has 2 aromatic carbocycles. The van der Waals surface area contributed by atoms with Gasteiger partial charge < -0.3 is 4.74 Å². The second kappa shape index (κ2) is 6.13. The highest BCUT2D eigenvalue weighted by Crippen LogP contribution is 2.22. The van der Waals surface area contributed by atoms with Gasteiger partial charge in [-0.25, -0.2) is 0 Å². The number of carbonyl (C=O) groups excluding carboxylic acids is 1. The molecule has 0 aliphatic rings. The minimum Gasteiger partial charge on any atom is -0.497 e. The SMILES string of the molecule is COc1ccc(C(=O)Cc2ccc(C(C)(C)C)cc2)cc1. The van der Waals surface area contributed by atoms with Gasteiger partial charge in [-0.3, -0.25) is 4.79 Å². The van der Waals surface area contributed by atoms with Gasteiger partial charge in [0.15, 0.2) is 5.78 Å². The standard InChI is InChI=1S/C19H22O2/c1-19(2,3)16-9-5-14(6-10-16)13-18(20)15-7-11-17(21-4)12-8-15/h5-12H,13H2,1-4H3. The van der Waals surface area contributed by atoms with Crippen molar-refractivity contribution in [3.63, 3.8) is 0 Å². The third-order valence-electron chi connectivity index (χ3n) is 3.60. The van der Waals surface area contributed by atoms with Crippen LogP contribution in [0.4, 0.5) is 0 Å². The lowest BCUT2D eigenvalue weighted by Crippen LogP contribution is -2.11. The van der Waals surface area contributed by atoms with E-state index in [0.29, 0.717) is 6.42 Å². The van der Waals surface area contributed by atoms with Crippen LogP contribution in [0.25, 0.3) is 0 Å². The Hall–Kier alpha value is -2.09. The summed E-state index contributed by atoms with van der Waals surface area (Å²) in [4.78, 5) is 12.3. The number of Topliss-reactive ketones (excluding diaryl/α,β-unsaturated/α-hetero) is 1. The maximum atomic E-state index is 12.3. The molecule has 2 nitrogen and oxygen atoms in total. The van der Waals surface area contributed by atoms with Gasteiger partial charge in [-0.1, -0.05) is 45.0 Å². The molecule has 0 aromatic heterocycles. The monoisotopic (exact) mass is 282 g/mol. The fourth-order valence-electron chi connectivity index (χ4n) is 2.19. The van der Waals surface area contributed by atoms with E-state index >= 15 is 0 Å². The Morgan fingerprint density at radius 1 is 0.952 bits per heavy atom. The van der Waals surface area contributed by atoms with Crippen LogP contribution in [0.5, 0.6) is 5.75 Å². The second-order valence-electron chi connectivity index (χ2n) is 6.28. The number of ketones is 1. The van der Waals surface area contributed by atoms with Crippen LogP contribution in [-0.2, 0) is 11.8 Å². The average Bonchev–Trinajstić information content (AvgIpc) is 2.47. The van der Waals surface area contributed by atoms with Crippen LogP contribution in [0.3, 0.4) is 0 Å². The van der Waals surface area contributed by atoms with Crippen molar-refractivity contribution < 1.29 is 9.53 Å². The molecule has 0 heterocycles. The predicted octanol–water partition coefficient (Wildman–Crippen LogP) is 4.42. The van der Waals surface area contributed by atoms with Crippen LogP contribution in [0.15, 0.2) is 48.5 Å². The smallest absolute Gasteiger partial charge is 0.167 e. The van der Waals surface area contributed by atoms with E-state index < -0.39 is 0 Å². The second-order valence-corrected chi connectivity index (χ2v) is 6.28. The molecule has 0 saturated heterocycles. The molecule has 0 aliphatic carbocycles. The van der Waals surface area contributed by atoms with Gasteiger partial charge in [0, 0.05) is 12.0 Å². The average molecular weight is 282 g/mol. The summed E-state index contributed by atoms with van der Waals surface area (Å²) in [7, 11) is 1.62. The summed E-state index contributed by atoms with van der Waals surface area (Å²) in [6.07, 6.45) is 0.427. The molecule has 0 N–H and O–H groups in total. The predicted molar refractivity (Wildman–Crippen MR) is 86.2 cm³/mol. The maximum absolute atomic E-state index is 12.3. The summed E-state index contributed by atoms with van der Waals surface area (Å²) in [6.45, 7) is 6.56. The molecule has 0 radical (unpaired) electrons. The molecule has 0 saturated carbocycles. The van der Waals surface area contributed by atoms with Gasteiger partial charge in [0.25, 0.3) is 0 Å². The molecule has 110 valence electrons. The molecule has 2 rings (SSSR count). The van der Waals surface area contributed by atoms with E-state index in [2.05, 4.69) is 32.9 Å². The normalized spacial score (nSPS) is 11.2. The molecule has 2 heteroatoms.